The van der Waals surface area contributed by atoms with Gasteiger partial charge in [-0.15, -0.1) is 0 Å². The van der Waals surface area contributed by atoms with Gasteiger partial charge in [0.25, 0.3) is 0 Å². The average molecular weight is 242 g/mol. The maximum absolute atomic E-state index is 10.1. The number of nitrogens with one attached hydrogen (secondary N) is 2. The van der Waals surface area contributed by atoms with Crippen LogP contribution in [0.2, 0.25) is 0 Å². The first-order valence-corrected chi connectivity index (χ1v) is 7.28. The Kier molecular flexibility index (Phi) is 13.0. The maximum Gasteiger partial charge on any atom is 0.220 e. The molecule has 102 valence electrons. The van der Waals surface area contributed by atoms with Crippen LogP contribution in [0.5, 0.6) is 0 Å². The molecular weight excluding hydrogens is 212 g/mol. The Labute approximate surface area is 107 Å². The molecule has 1 fully saturated rings. The van der Waals surface area contributed by atoms with Gasteiger partial charge in [-0.2, -0.15) is 0 Å². The lowest BCUT2D eigenvalue weighted by Crippen LogP contribution is -2.16. The fraction of sp³-hybridized carbons (Fsp3) is 0.929. The third-order valence-corrected chi connectivity index (χ3v) is 2.82. The molecule has 2 N–H and O–H groups in total. The van der Waals surface area contributed by atoms with Crippen molar-refractivity contribution < 1.29 is 4.79 Å². The Morgan fingerprint density at radius 2 is 1.65 bits per heavy atom. The summed E-state index contributed by atoms with van der Waals surface area (Å²) >= 11 is 0. The minimum absolute atomic E-state index is 0.204. The molecule has 0 atom stereocenters. The average Bonchev–Trinajstić information content (AvgIpc) is 2.80. The summed E-state index contributed by atoms with van der Waals surface area (Å²) in [7, 11) is 0. The van der Waals surface area contributed by atoms with E-state index in [9.17, 15) is 4.79 Å². The molecule has 17 heavy (non-hydrogen) atoms. The predicted octanol–water partition coefficient (Wildman–Crippen LogP) is 2.85. The van der Waals surface area contributed by atoms with Crippen molar-refractivity contribution in [2.75, 3.05) is 19.6 Å². The van der Waals surface area contributed by atoms with Gasteiger partial charge in [-0.05, 0) is 32.4 Å². The molecule has 0 aromatic rings. The quantitative estimate of drug-likeness (QED) is 0.643. The van der Waals surface area contributed by atoms with E-state index in [0.717, 1.165) is 19.4 Å². The number of rotatable bonds is 8. The molecule has 0 unspecified atom stereocenters. The molecule has 0 spiro atoms. The Morgan fingerprint density at radius 3 is 1.94 bits per heavy atom. The van der Waals surface area contributed by atoms with Gasteiger partial charge in [0.1, 0.15) is 0 Å². The Morgan fingerprint density at radius 1 is 1.06 bits per heavy atom. The Hall–Kier alpha value is -0.570. The lowest BCUT2D eigenvalue weighted by molar-refractivity contribution is -0.119. The number of hydrogen-bond donors (Lipinski definition) is 2. The minimum Gasteiger partial charge on any atom is -0.356 e. The number of carbonyl (C=O) groups is 1. The Balaban J connectivity index is 0.000000354. The van der Waals surface area contributed by atoms with Gasteiger partial charge in [0.15, 0.2) is 0 Å². The second kappa shape index (κ2) is 13.5. The van der Waals surface area contributed by atoms with Crippen molar-refractivity contribution in [2.24, 2.45) is 0 Å². The molecule has 0 aromatic carbocycles. The van der Waals surface area contributed by atoms with Crippen LogP contribution in [0.15, 0.2) is 0 Å². The normalized spacial score (nSPS) is 14.1. The van der Waals surface area contributed by atoms with Crippen molar-refractivity contribution >= 4 is 5.91 Å². The van der Waals surface area contributed by atoms with Gasteiger partial charge >= 0.3 is 0 Å². The van der Waals surface area contributed by atoms with E-state index in [1.165, 1.54) is 51.6 Å². The van der Waals surface area contributed by atoms with Crippen LogP contribution in [-0.4, -0.2) is 25.5 Å². The molecule has 1 heterocycles. The molecule has 1 amide bonds. The molecule has 1 aliphatic rings. The minimum atomic E-state index is 0.204. The fourth-order valence-electron chi connectivity index (χ4n) is 1.69. The van der Waals surface area contributed by atoms with E-state index >= 15 is 0 Å². The van der Waals surface area contributed by atoms with Crippen LogP contribution in [0.3, 0.4) is 0 Å². The summed E-state index contributed by atoms with van der Waals surface area (Å²) in [6.07, 6.45) is 9.87. The van der Waals surface area contributed by atoms with Gasteiger partial charge < -0.3 is 10.6 Å². The number of unbranched alkanes of at least 4 members (excludes halogenated alkanes) is 4. The predicted molar refractivity (Wildman–Crippen MR) is 74.2 cm³/mol. The van der Waals surface area contributed by atoms with Crippen molar-refractivity contribution in [2.45, 2.75) is 65.2 Å². The van der Waals surface area contributed by atoms with Gasteiger partial charge in [-0.1, -0.05) is 39.5 Å². The first-order valence-electron chi connectivity index (χ1n) is 7.28. The largest absolute Gasteiger partial charge is 0.356 e. The zero-order valence-corrected chi connectivity index (χ0v) is 11.7. The van der Waals surface area contributed by atoms with E-state index in [4.69, 9.17) is 0 Å². The number of carbonyl (C=O) groups excluding carboxylic acids is 1. The SMILES string of the molecule is CCCCCNCCCCC.O=C1CCCN1. The Bertz CT molecular complexity index is 156. The number of amides is 1. The molecule has 0 radical (unpaired) electrons. The van der Waals surface area contributed by atoms with Crippen LogP contribution in [0, 0.1) is 0 Å². The third-order valence-electron chi connectivity index (χ3n) is 2.82. The highest BCUT2D eigenvalue weighted by molar-refractivity contribution is 5.77. The van der Waals surface area contributed by atoms with Crippen LogP contribution < -0.4 is 10.6 Å². The van der Waals surface area contributed by atoms with E-state index in [-0.39, 0.29) is 5.91 Å². The topological polar surface area (TPSA) is 41.1 Å². The highest BCUT2D eigenvalue weighted by atomic mass is 16.1. The molecule has 1 saturated heterocycles. The fourth-order valence-corrected chi connectivity index (χ4v) is 1.69. The smallest absolute Gasteiger partial charge is 0.220 e. The molecule has 0 aliphatic carbocycles. The second-order valence-electron chi connectivity index (χ2n) is 4.62. The van der Waals surface area contributed by atoms with Crippen molar-refractivity contribution in [3.63, 3.8) is 0 Å². The van der Waals surface area contributed by atoms with Crippen LogP contribution in [-0.2, 0) is 4.79 Å². The van der Waals surface area contributed by atoms with E-state index < -0.39 is 0 Å². The van der Waals surface area contributed by atoms with E-state index in [0.29, 0.717) is 0 Å². The molecule has 0 aromatic heterocycles. The summed E-state index contributed by atoms with van der Waals surface area (Å²) in [5, 5.41) is 6.14. The summed E-state index contributed by atoms with van der Waals surface area (Å²) < 4.78 is 0. The molecule has 3 heteroatoms. The second-order valence-corrected chi connectivity index (χ2v) is 4.62. The summed E-state index contributed by atoms with van der Waals surface area (Å²) in [5.74, 6) is 0.204. The summed E-state index contributed by atoms with van der Waals surface area (Å²) in [6, 6.07) is 0. The van der Waals surface area contributed by atoms with Crippen LogP contribution >= 0.6 is 0 Å². The van der Waals surface area contributed by atoms with Crippen molar-refractivity contribution in [3.05, 3.63) is 0 Å². The molecule has 1 rings (SSSR count). The highest BCUT2D eigenvalue weighted by Crippen LogP contribution is 1.94. The lowest BCUT2D eigenvalue weighted by Gasteiger charge is -2.02. The molecule has 0 bridgehead atoms. The molecular formula is C14H30N2O. The first-order chi connectivity index (χ1) is 8.31. The zero-order valence-electron chi connectivity index (χ0n) is 11.7. The standard InChI is InChI=1S/C10H23N.C4H7NO/c1-3-5-7-9-11-10-8-6-4-2;6-4-2-1-3-5-4/h11H,3-10H2,1-2H3;1-3H2,(H,5,6). The maximum atomic E-state index is 10.1. The van der Waals surface area contributed by atoms with Crippen LogP contribution in [0.25, 0.3) is 0 Å². The molecule has 0 saturated carbocycles. The monoisotopic (exact) mass is 242 g/mol. The van der Waals surface area contributed by atoms with Gasteiger partial charge in [0.2, 0.25) is 5.91 Å². The van der Waals surface area contributed by atoms with E-state index in [2.05, 4.69) is 24.5 Å². The summed E-state index contributed by atoms with van der Waals surface area (Å²) in [6.45, 7) is 7.82. The summed E-state index contributed by atoms with van der Waals surface area (Å²) in [5.41, 5.74) is 0. The van der Waals surface area contributed by atoms with Crippen molar-refractivity contribution in [3.8, 4) is 0 Å². The van der Waals surface area contributed by atoms with Gasteiger partial charge in [-0.25, -0.2) is 0 Å². The molecule has 3 nitrogen and oxygen atoms in total. The number of hydrogen-bond acceptors (Lipinski definition) is 2. The lowest BCUT2D eigenvalue weighted by atomic mass is 10.2. The third kappa shape index (κ3) is 13.4. The van der Waals surface area contributed by atoms with Gasteiger partial charge in [0, 0.05) is 13.0 Å². The van der Waals surface area contributed by atoms with Gasteiger partial charge in [0.05, 0.1) is 0 Å². The van der Waals surface area contributed by atoms with Gasteiger partial charge in [-0.3, -0.25) is 4.79 Å². The highest BCUT2D eigenvalue weighted by Gasteiger charge is 2.05. The van der Waals surface area contributed by atoms with E-state index in [1.54, 1.807) is 0 Å². The van der Waals surface area contributed by atoms with Crippen molar-refractivity contribution in [1.82, 2.24) is 10.6 Å². The molecule has 1 aliphatic heterocycles. The van der Waals surface area contributed by atoms with E-state index in [1.807, 2.05) is 0 Å². The summed E-state index contributed by atoms with van der Waals surface area (Å²) in [4.78, 5) is 10.1. The van der Waals surface area contributed by atoms with Crippen LogP contribution in [0.1, 0.15) is 65.2 Å². The first kappa shape index (κ1) is 16.4. The van der Waals surface area contributed by atoms with Crippen molar-refractivity contribution in [1.29, 1.82) is 0 Å². The zero-order chi connectivity index (χ0) is 12.8. The van der Waals surface area contributed by atoms with Crippen LogP contribution in [0.4, 0.5) is 0 Å².